The number of halogens is 1. The molecule has 0 fully saturated rings. The summed E-state index contributed by atoms with van der Waals surface area (Å²) in [5, 5.41) is 3.22. The van der Waals surface area contributed by atoms with Crippen LogP contribution < -0.4 is 10.1 Å². The van der Waals surface area contributed by atoms with Crippen molar-refractivity contribution in [1.82, 2.24) is 10.3 Å². The van der Waals surface area contributed by atoms with Crippen molar-refractivity contribution in [3.05, 3.63) is 107 Å². The van der Waals surface area contributed by atoms with Gasteiger partial charge >= 0.3 is 5.97 Å². The van der Waals surface area contributed by atoms with Crippen LogP contribution in [0.25, 0.3) is 11.5 Å². The Hall–Kier alpha value is -4.10. The zero-order chi connectivity index (χ0) is 24.6. The lowest BCUT2D eigenvalue weighted by Gasteiger charge is -2.19. The molecule has 0 saturated carbocycles. The van der Waals surface area contributed by atoms with Crippen LogP contribution in [0.3, 0.4) is 0 Å². The Labute approximate surface area is 207 Å². The lowest BCUT2D eigenvalue weighted by atomic mass is 10.0. The van der Waals surface area contributed by atoms with E-state index in [2.05, 4.69) is 10.3 Å². The van der Waals surface area contributed by atoms with Gasteiger partial charge in [-0.25, -0.2) is 4.98 Å². The number of hydrogen-bond donors (Lipinski definition) is 1. The molecule has 0 aliphatic rings. The maximum absolute atomic E-state index is 12.8. The molecule has 1 unspecified atom stereocenters. The predicted octanol–water partition coefficient (Wildman–Crippen LogP) is 5.61. The summed E-state index contributed by atoms with van der Waals surface area (Å²) in [5.41, 5.74) is 2.35. The summed E-state index contributed by atoms with van der Waals surface area (Å²) in [6, 6.07) is 22.6. The Morgan fingerprint density at radius 2 is 1.71 bits per heavy atom. The average Bonchev–Trinajstić information content (AvgIpc) is 3.37. The summed E-state index contributed by atoms with van der Waals surface area (Å²) in [6.07, 6.45) is 1.38. The van der Waals surface area contributed by atoms with Gasteiger partial charge in [-0.1, -0.05) is 54.1 Å². The largest absolute Gasteiger partial charge is 0.497 e. The van der Waals surface area contributed by atoms with E-state index in [0.717, 1.165) is 16.9 Å². The van der Waals surface area contributed by atoms with Crippen molar-refractivity contribution in [3.8, 4) is 17.2 Å². The molecule has 35 heavy (non-hydrogen) atoms. The molecule has 1 atom stereocenters. The quantitative estimate of drug-likeness (QED) is 0.307. The van der Waals surface area contributed by atoms with E-state index in [9.17, 15) is 9.59 Å². The minimum atomic E-state index is -0.598. The van der Waals surface area contributed by atoms with Crippen molar-refractivity contribution in [3.63, 3.8) is 0 Å². The summed E-state index contributed by atoms with van der Waals surface area (Å²) in [4.78, 5) is 29.8. The van der Waals surface area contributed by atoms with Gasteiger partial charge in [-0.05, 0) is 42.0 Å². The van der Waals surface area contributed by atoms with Crippen LogP contribution in [0.1, 0.15) is 34.1 Å². The second-order valence-corrected chi connectivity index (χ2v) is 8.06. The number of nitrogens with one attached hydrogen (secondary N) is 1. The average molecular weight is 491 g/mol. The first-order chi connectivity index (χ1) is 17.0. The van der Waals surface area contributed by atoms with Crippen molar-refractivity contribution < 1.29 is 23.5 Å². The zero-order valence-electron chi connectivity index (χ0n) is 18.9. The smallest absolute Gasteiger partial charge is 0.308 e. The van der Waals surface area contributed by atoms with Gasteiger partial charge < -0.3 is 19.2 Å². The molecule has 0 saturated heterocycles. The standard InChI is InChI=1S/C27H23ClN2O5/c1-33-21-13-11-19(12-14-21)27-29-20(17-35-27)16-34-25(31)15-24(18-7-3-2-4-8-18)30-26(32)22-9-5-6-10-23(22)28/h2-14,17,24H,15-16H2,1H3,(H,30,32). The van der Waals surface area contributed by atoms with Gasteiger partial charge in [0.25, 0.3) is 5.91 Å². The number of nitrogens with zero attached hydrogens (tertiary/aromatic N) is 1. The SMILES string of the molecule is COc1ccc(-c2nc(COC(=O)CC(NC(=O)c3ccccc3Cl)c3ccccc3)co2)cc1. The van der Waals surface area contributed by atoms with E-state index in [1.807, 2.05) is 42.5 Å². The van der Waals surface area contributed by atoms with Crippen molar-refractivity contribution in [2.45, 2.75) is 19.1 Å². The maximum atomic E-state index is 12.8. The van der Waals surface area contributed by atoms with Gasteiger partial charge in [0.15, 0.2) is 0 Å². The molecule has 0 aliphatic heterocycles. The topological polar surface area (TPSA) is 90.7 Å². The summed E-state index contributed by atoms with van der Waals surface area (Å²) in [7, 11) is 1.59. The molecular formula is C27H23ClN2O5. The van der Waals surface area contributed by atoms with Crippen LogP contribution in [-0.4, -0.2) is 24.0 Å². The summed E-state index contributed by atoms with van der Waals surface area (Å²) < 4.78 is 16.1. The van der Waals surface area contributed by atoms with Crippen LogP contribution in [0.2, 0.25) is 5.02 Å². The van der Waals surface area contributed by atoms with Gasteiger partial charge in [-0.3, -0.25) is 9.59 Å². The molecule has 7 nitrogen and oxygen atoms in total. The van der Waals surface area contributed by atoms with E-state index in [1.165, 1.54) is 6.26 Å². The second-order valence-electron chi connectivity index (χ2n) is 7.65. The number of hydrogen-bond acceptors (Lipinski definition) is 6. The molecule has 0 bridgehead atoms. The highest BCUT2D eigenvalue weighted by molar-refractivity contribution is 6.33. The van der Waals surface area contributed by atoms with E-state index in [0.29, 0.717) is 22.2 Å². The third-order valence-electron chi connectivity index (χ3n) is 5.27. The molecule has 0 aliphatic carbocycles. The highest BCUT2D eigenvalue weighted by atomic mass is 35.5. The molecular weight excluding hydrogens is 468 g/mol. The molecule has 4 aromatic rings. The summed E-state index contributed by atoms with van der Waals surface area (Å²) in [5.74, 6) is 0.266. The number of aromatic nitrogens is 1. The Morgan fingerprint density at radius 1 is 1.00 bits per heavy atom. The number of rotatable bonds is 9. The monoisotopic (exact) mass is 490 g/mol. The lowest BCUT2D eigenvalue weighted by molar-refractivity contribution is -0.145. The predicted molar refractivity (Wildman–Crippen MR) is 131 cm³/mol. The van der Waals surface area contributed by atoms with E-state index in [-0.39, 0.29) is 18.9 Å². The highest BCUT2D eigenvalue weighted by Gasteiger charge is 2.21. The number of amides is 1. The minimum Gasteiger partial charge on any atom is -0.497 e. The fourth-order valence-electron chi connectivity index (χ4n) is 3.44. The first-order valence-electron chi connectivity index (χ1n) is 10.9. The molecule has 4 rings (SSSR count). The zero-order valence-corrected chi connectivity index (χ0v) is 19.7. The first-order valence-corrected chi connectivity index (χ1v) is 11.3. The Kier molecular flexibility index (Phi) is 7.80. The van der Waals surface area contributed by atoms with Crippen LogP contribution in [0, 0.1) is 0 Å². The Morgan fingerprint density at radius 3 is 2.43 bits per heavy atom. The summed E-state index contributed by atoms with van der Waals surface area (Å²) in [6.45, 7) is -0.0571. The first kappa shape index (κ1) is 24.0. The van der Waals surface area contributed by atoms with E-state index >= 15 is 0 Å². The number of oxazole rings is 1. The van der Waals surface area contributed by atoms with Crippen molar-refractivity contribution in [1.29, 1.82) is 0 Å². The summed E-state index contributed by atoms with van der Waals surface area (Å²) >= 11 is 6.16. The number of benzene rings is 3. The van der Waals surface area contributed by atoms with E-state index in [4.69, 9.17) is 25.5 Å². The lowest BCUT2D eigenvalue weighted by Crippen LogP contribution is -2.30. The van der Waals surface area contributed by atoms with Crippen LogP contribution in [0.5, 0.6) is 5.75 Å². The highest BCUT2D eigenvalue weighted by Crippen LogP contribution is 2.23. The number of carbonyl (C=O) groups is 2. The van der Waals surface area contributed by atoms with Gasteiger partial charge in [-0.15, -0.1) is 0 Å². The Balaban J connectivity index is 1.40. The molecule has 1 aromatic heterocycles. The molecule has 1 N–H and O–H groups in total. The fourth-order valence-corrected chi connectivity index (χ4v) is 3.66. The molecule has 1 amide bonds. The van der Waals surface area contributed by atoms with Crippen LogP contribution >= 0.6 is 11.6 Å². The van der Waals surface area contributed by atoms with Gasteiger partial charge in [-0.2, -0.15) is 0 Å². The van der Waals surface area contributed by atoms with Gasteiger partial charge in [0, 0.05) is 5.56 Å². The second kappa shape index (κ2) is 11.4. The number of methoxy groups -OCH3 is 1. The third kappa shape index (κ3) is 6.28. The Bertz CT molecular complexity index is 1290. The molecule has 3 aromatic carbocycles. The van der Waals surface area contributed by atoms with Gasteiger partial charge in [0.05, 0.1) is 30.2 Å². The normalized spacial score (nSPS) is 11.5. The molecule has 8 heteroatoms. The maximum Gasteiger partial charge on any atom is 0.308 e. The molecule has 1 heterocycles. The molecule has 0 radical (unpaired) electrons. The number of carbonyl (C=O) groups excluding carboxylic acids is 2. The van der Waals surface area contributed by atoms with E-state index < -0.39 is 12.0 Å². The molecule has 178 valence electrons. The van der Waals surface area contributed by atoms with Crippen molar-refractivity contribution in [2.75, 3.05) is 7.11 Å². The van der Waals surface area contributed by atoms with Crippen molar-refractivity contribution >= 4 is 23.5 Å². The van der Waals surface area contributed by atoms with Crippen molar-refractivity contribution in [2.24, 2.45) is 0 Å². The third-order valence-corrected chi connectivity index (χ3v) is 5.60. The number of esters is 1. The minimum absolute atomic E-state index is 0.0571. The van der Waals surface area contributed by atoms with Gasteiger partial charge in [0.1, 0.15) is 24.3 Å². The fraction of sp³-hybridized carbons (Fsp3) is 0.148. The van der Waals surface area contributed by atoms with E-state index in [1.54, 1.807) is 43.5 Å². The number of ether oxygens (including phenoxy) is 2. The van der Waals surface area contributed by atoms with Crippen LogP contribution in [0.4, 0.5) is 0 Å². The molecule has 0 spiro atoms. The van der Waals surface area contributed by atoms with Crippen LogP contribution in [0.15, 0.2) is 89.5 Å². The van der Waals surface area contributed by atoms with Gasteiger partial charge in [0.2, 0.25) is 5.89 Å². The van der Waals surface area contributed by atoms with Crippen LogP contribution in [-0.2, 0) is 16.1 Å².